The van der Waals surface area contributed by atoms with Crippen LogP contribution in [0.2, 0.25) is 0 Å². The average Bonchev–Trinajstić information content (AvgIpc) is 1.97. The Bertz CT molecular complexity index is 248. The first-order valence-electron chi connectivity index (χ1n) is 3.64. The van der Waals surface area contributed by atoms with Gasteiger partial charge in [0.25, 0.3) is 0 Å². The zero-order valence-electron chi connectivity index (χ0n) is 7.80. The zero-order valence-corrected chi connectivity index (χ0v) is 7.80. The molecule has 0 unspecified atom stereocenters. The number of Topliss-reactive ketones (excluding diaryl/α,β-unsaturated/α-hetero) is 1. The van der Waals surface area contributed by atoms with E-state index in [0.717, 1.165) is 0 Å². The lowest BCUT2D eigenvalue weighted by Gasteiger charge is -2.26. The van der Waals surface area contributed by atoms with Crippen molar-refractivity contribution in [2.24, 2.45) is 0 Å². The van der Waals surface area contributed by atoms with Crippen molar-refractivity contribution < 1.29 is 19.1 Å². The fraction of sp³-hybridized carbons (Fsp3) is 0.273. The third-order valence-electron chi connectivity index (χ3n) is 1.04. The van der Waals surface area contributed by atoms with Crippen LogP contribution < -0.4 is 0 Å². The minimum atomic E-state index is -2.40. The summed E-state index contributed by atoms with van der Waals surface area (Å²) in [6, 6.07) is 0. The number of hydrogen-bond donors (Lipinski definition) is 0. The molecule has 0 bridgehead atoms. The molecule has 76 valence electrons. The second-order valence-electron chi connectivity index (χ2n) is 2.79. The highest BCUT2D eigenvalue weighted by Gasteiger charge is 2.34. The van der Waals surface area contributed by atoms with E-state index in [4.69, 9.17) is 41.5 Å². The molecule has 0 N–H and O–H groups in total. The van der Waals surface area contributed by atoms with Crippen molar-refractivity contribution in [2.45, 2.75) is 11.2 Å². The van der Waals surface area contributed by atoms with Gasteiger partial charge in [0.2, 0.25) is 0 Å². The molecular formula is C11H8O4. The average molecular weight is 204 g/mol. The van der Waals surface area contributed by atoms with Crippen molar-refractivity contribution >= 4 is 11.8 Å². The molecule has 0 aliphatic rings. The topological polar surface area (TPSA) is 52.6 Å². The highest BCUT2D eigenvalue weighted by molar-refractivity contribution is 5.85. The van der Waals surface area contributed by atoms with Gasteiger partial charge in [-0.15, -0.1) is 0 Å². The van der Waals surface area contributed by atoms with Gasteiger partial charge in [-0.05, 0) is 0 Å². The molecule has 15 heavy (non-hydrogen) atoms. The molecule has 0 spiro atoms. The van der Waals surface area contributed by atoms with E-state index in [1.165, 1.54) is 0 Å². The van der Waals surface area contributed by atoms with Crippen LogP contribution in [0, 0.1) is 41.5 Å². The Kier molecular flexibility index (Phi) is 4.46. The molecule has 4 nitrogen and oxygen atoms in total. The summed E-state index contributed by atoms with van der Waals surface area (Å²) < 4.78 is 8.64. The molecule has 12 radical (unpaired) electrons. The van der Waals surface area contributed by atoms with Gasteiger partial charge in [0.1, 0.15) is 12.2 Å². The Morgan fingerprint density at radius 1 is 1.07 bits per heavy atom. The second-order valence-corrected chi connectivity index (χ2v) is 2.79. The molecule has 0 atom stereocenters. The van der Waals surface area contributed by atoms with Crippen LogP contribution in [-0.2, 0) is 19.1 Å². The van der Waals surface area contributed by atoms with Crippen molar-refractivity contribution in [2.75, 3.05) is 6.61 Å². The number of hydrogen-bond acceptors (Lipinski definition) is 4. The number of carbonyl (C=O) groups is 2. The zero-order chi connectivity index (χ0) is 12.3. The van der Waals surface area contributed by atoms with E-state index in [1.54, 1.807) is 0 Å². The maximum atomic E-state index is 11.1. The number of esters is 1. The van der Waals surface area contributed by atoms with Gasteiger partial charge in [-0.25, -0.2) is 4.79 Å². The molecule has 0 aliphatic carbocycles. The van der Waals surface area contributed by atoms with Crippen LogP contribution >= 0.6 is 0 Å². The smallest absolute Gasteiger partial charge is 0.339 e. The van der Waals surface area contributed by atoms with Crippen LogP contribution in [0.5, 0.6) is 0 Å². The summed E-state index contributed by atoms with van der Waals surface area (Å²) in [5.74, 6) is -2.21. The van der Waals surface area contributed by atoms with Gasteiger partial charge in [-0.1, -0.05) is 0 Å². The van der Waals surface area contributed by atoms with E-state index in [0.29, 0.717) is 0 Å². The summed E-state index contributed by atoms with van der Waals surface area (Å²) in [5, 5.41) is 0. The van der Waals surface area contributed by atoms with Gasteiger partial charge >= 0.3 is 5.97 Å². The summed E-state index contributed by atoms with van der Waals surface area (Å²) in [5.41, 5.74) is -4.64. The molecule has 4 heteroatoms. The maximum Gasteiger partial charge on any atom is 0.339 e. The van der Waals surface area contributed by atoms with Gasteiger partial charge in [0.05, 0.1) is 0 Å². The quantitative estimate of drug-likeness (QED) is 0.585. The number of ether oxygens (including phenoxy) is 2. The summed E-state index contributed by atoms with van der Waals surface area (Å²) in [6.07, 6.45) is 0. The summed E-state index contributed by atoms with van der Waals surface area (Å²) in [7, 11) is 0. The molecule has 0 aromatic heterocycles. The van der Waals surface area contributed by atoms with Gasteiger partial charge in [0.15, 0.2) is 11.4 Å². The van der Waals surface area contributed by atoms with E-state index in [2.05, 4.69) is 9.47 Å². The lowest BCUT2D eigenvalue weighted by molar-refractivity contribution is -0.168. The molecule has 0 amide bonds. The van der Waals surface area contributed by atoms with Crippen molar-refractivity contribution in [1.82, 2.24) is 0 Å². The van der Waals surface area contributed by atoms with Crippen LogP contribution in [0.1, 0.15) is 0 Å². The molecule has 0 rings (SSSR count). The molecule has 0 saturated heterocycles. The maximum absolute atomic E-state index is 11.1. The summed E-state index contributed by atoms with van der Waals surface area (Å²) >= 11 is 0. The second kappa shape index (κ2) is 4.75. The summed E-state index contributed by atoms with van der Waals surface area (Å²) in [4.78, 5) is 21.4. The van der Waals surface area contributed by atoms with Crippen molar-refractivity contribution in [3.8, 4) is 0 Å². The minimum Gasteiger partial charge on any atom is -0.456 e. The van der Waals surface area contributed by atoms with Gasteiger partial charge < -0.3 is 9.47 Å². The first kappa shape index (κ1) is 14.1. The van der Waals surface area contributed by atoms with E-state index < -0.39 is 29.6 Å². The van der Waals surface area contributed by atoms with Crippen molar-refractivity contribution in [3.63, 3.8) is 0 Å². The highest BCUT2D eigenvalue weighted by atomic mass is 16.6. The molecule has 0 aliphatic heterocycles. The van der Waals surface area contributed by atoms with Gasteiger partial charge in [-0.2, -0.15) is 0 Å². The number of ketones is 1. The van der Waals surface area contributed by atoms with E-state index in [1.807, 2.05) is 0 Å². The Hall–Kier alpha value is -0.900. The molecule has 0 saturated carbocycles. The predicted octanol–water partition coefficient (Wildman–Crippen LogP) is -0.141. The van der Waals surface area contributed by atoms with Crippen LogP contribution in [0.4, 0.5) is 0 Å². The largest absolute Gasteiger partial charge is 0.456 e. The third-order valence-corrected chi connectivity index (χ3v) is 1.04. The van der Waals surface area contributed by atoms with E-state index >= 15 is 0 Å². The van der Waals surface area contributed by atoms with Crippen molar-refractivity contribution in [1.29, 1.82) is 0 Å². The van der Waals surface area contributed by atoms with Gasteiger partial charge in [0, 0.05) is 41.5 Å². The number of rotatable bonds is 5. The first-order chi connectivity index (χ1) is 6.54. The molecule has 0 aromatic carbocycles. The van der Waals surface area contributed by atoms with Crippen LogP contribution in [0.25, 0.3) is 0 Å². The number of carbonyl (C=O) groups excluding carboxylic acids is 2. The van der Waals surface area contributed by atoms with Crippen LogP contribution in [0.3, 0.4) is 0 Å². The predicted molar refractivity (Wildman–Crippen MR) is 48.3 cm³/mol. The lowest BCUT2D eigenvalue weighted by atomic mass is 10.1. The first-order valence-corrected chi connectivity index (χ1v) is 3.64. The monoisotopic (exact) mass is 204 g/mol. The molecule has 0 heterocycles. The Morgan fingerprint density at radius 3 is 1.87 bits per heavy atom. The van der Waals surface area contributed by atoms with E-state index in [9.17, 15) is 9.59 Å². The van der Waals surface area contributed by atoms with Crippen LogP contribution in [-0.4, -0.2) is 29.6 Å². The highest BCUT2D eigenvalue weighted by Crippen LogP contribution is 2.15. The molecule has 0 aromatic rings. The standard InChI is InChI=1S/C11H8O4/c1-8(12)7-14-11(5,6)9(13)15-10(2,3)4/h1-6H,7H2. The normalized spacial score (nSPS) is 12.4. The van der Waals surface area contributed by atoms with Gasteiger partial charge in [-0.3, -0.25) is 4.79 Å². The Morgan fingerprint density at radius 2 is 1.53 bits per heavy atom. The minimum absolute atomic E-state index is 0.672. The SMILES string of the molecule is [CH]C(=O)COC([CH])([CH])C(=O)OC([CH])([CH])[CH]. The fourth-order valence-electron chi connectivity index (χ4n) is 0.490. The molecule has 0 fully saturated rings. The fourth-order valence-corrected chi connectivity index (χ4v) is 0.490. The van der Waals surface area contributed by atoms with Crippen LogP contribution in [0.15, 0.2) is 0 Å². The Balaban J connectivity index is 4.32. The van der Waals surface area contributed by atoms with Crippen molar-refractivity contribution in [3.05, 3.63) is 41.5 Å². The van der Waals surface area contributed by atoms with E-state index in [-0.39, 0.29) is 0 Å². The molecular weight excluding hydrogens is 196 g/mol. The Labute approximate surface area is 90.9 Å². The lowest BCUT2D eigenvalue weighted by Crippen LogP contribution is -2.42. The summed E-state index contributed by atoms with van der Waals surface area (Å²) in [6.45, 7) is 29.1. The third kappa shape index (κ3) is 6.23.